The Balaban J connectivity index is 4.11. The van der Waals surface area contributed by atoms with Gasteiger partial charge in [-0.2, -0.15) is 0 Å². The molecular weight excluding hydrogens is 141 g/mol. The summed E-state index contributed by atoms with van der Waals surface area (Å²) in [5.41, 5.74) is 0. The van der Waals surface area contributed by atoms with E-state index in [-0.39, 0.29) is 5.17 Å². The van der Waals surface area contributed by atoms with Gasteiger partial charge < -0.3 is 0 Å². The second-order valence-electron chi connectivity index (χ2n) is 1.28. The molecule has 0 bridgehead atoms. The van der Waals surface area contributed by atoms with Crippen LogP contribution in [0, 0.1) is 0 Å². The van der Waals surface area contributed by atoms with Crippen LogP contribution in [0.1, 0.15) is 0 Å². The fourth-order valence-electron chi connectivity index (χ4n) is 0.237. The molecule has 1 nitrogen and oxygen atoms in total. The Bertz CT molecular complexity index is 160. The largest absolute Gasteiger partial charge is 0.276 e. The van der Waals surface area contributed by atoms with E-state index in [0.29, 0.717) is 0 Å². The lowest BCUT2D eigenvalue weighted by Crippen LogP contribution is -1.78. The van der Waals surface area contributed by atoms with E-state index in [2.05, 4.69) is 11.6 Å². The number of rotatable bonds is 2. The number of halogens is 2. The van der Waals surface area contributed by atoms with E-state index in [1.54, 1.807) is 0 Å². The predicted octanol–water partition coefficient (Wildman–Crippen LogP) is 2.29. The summed E-state index contributed by atoms with van der Waals surface area (Å²) in [6.45, 7) is 3.19. The molecule has 9 heavy (non-hydrogen) atoms. The molecule has 0 saturated heterocycles. The quantitative estimate of drug-likeness (QED) is 0.420. The maximum atomic E-state index is 12.1. The zero-order valence-electron chi connectivity index (χ0n) is 5.06. The summed E-state index contributed by atoms with van der Waals surface area (Å²) in [5.74, 6) is -0.481. The molecule has 0 radical (unpaired) electrons. The molecule has 0 atom stereocenters. The molecule has 0 unspecified atom stereocenters. The van der Waals surface area contributed by atoms with Gasteiger partial charge in [0, 0.05) is 13.1 Å². The molecular formula is C6H7ClFN. The van der Waals surface area contributed by atoms with Gasteiger partial charge in [0.2, 0.25) is 0 Å². The SMILES string of the molecule is C=C/C(F)=C\C(Cl)=NC. The number of aliphatic imine (C=N–C) groups is 1. The third-order valence-corrected chi connectivity index (χ3v) is 0.944. The molecule has 0 aromatic heterocycles. The molecule has 50 valence electrons. The van der Waals surface area contributed by atoms with Crippen LogP contribution in [0.15, 0.2) is 29.6 Å². The first-order valence-electron chi connectivity index (χ1n) is 2.32. The highest BCUT2D eigenvalue weighted by molar-refractivity contribution is 6.68. The molecule has 0 rings (SSSR count). The van der Waals surface area contributed by atoms with Gasteiger partial charge in [0.25, 0.3) is 0 Å². The summed E-state index contributed by atoms with van der Waals surface area (Å²) in [6.07, 6.45) is 2.15. The molecule has 0 aromatic rings. The Morgan fingerprint density at radius 3 is 2.67 bits per heavy atom. The molecule has 0 spiro atoms. The van der Waals surface area contributed by atoms with Crippen LogP contribution >= 0.6 is 11.6 Å². The maximum Gasteiger partial charge on any atom is 0.126 e. The fraction of sp³-hybridized carbons (Fsp3) is 0.167. The Hall–Kier alpha value is -0.630. The van der Waals surface area contributed by atoms with Crippen molar-refractivity contribution in [3.05, 3.63) is 24.6 Å². The Morgan fingerprint density at radius 1 is 1.78 bits per heavy atom. The van der Waals surface area contributed by atoms with Crippen molar-refractivity contribution in [3.63, 3.8) is 0 Å². The summed E-state index contributed by atoms with van der Waals surface area (Å²) in [7, 11) is 1.48. The van der Waals surface area contributed by atoms with E-state index in [1.165, 1.54) is 7.05 Å². The van der Waals surface area contributed by atoms with Crippen molar-refractivity contribution < 1.29 is 4.39 Å². The minimum atomic E-state index is -0.481. The summed E-state index contributed by atoms with van der Waals surface area (Å²) >= 11 is 5.32. The molecule has 0 aliphatic heterocycles. The summed E-state index contributed by atoms with van der Waals surface area (Å²) in [4.78, 5) is 3.49. The minimum absolute atomic E-state index is 0.132. The Kier molecular flexibility index (Phi) is 3.97. The van der Waals surface area contributed by atoms with Gasteiger partial charge in [-0.25, -0.2) is 4.39 Å². The van der Waals surface area contributed by atoms with Gasteiger partial charge in [0.05, 0.1) is 0 Å². The van der Waals surface area contributed by atoms with Gasteiger partial charge in [-0.1, -0.05) is 18.2 Å². The van der Waals surface area contributed by atoms with Gasteiger partial charge in [0.15, 0.2) is 0 Å². The average Bonchev–Trinajstić information content (AvgIpc) is 1.87. The number of allylic oxidation sites excluding steroid dienone is 3. The van der Waals surface area contributed by atoms with Crippen LogP contribution in [0.4, 0.5) is 4.39 Å². The summed E-state index contributed by atoms with van der Waals surface area (Å²) in [5, 5.41) is 0.132. The number of hydrogen-bond donors (Lipinski definition) is 0. The van der Waals surface area contributed by atoms with Crippen molar-refractivity contribution in [2.45, 2.75) is 0 Å². The first-order valence-corrected chi connectivity index (χ1v) is 2.70. The smallest absolute Gasteiger partial charge is 0.126 e. The lowest BCUT2D eigenvalue weighted by atomic mass is 10.5. The van der Waals surface area contributed by atoms with E-state index in [9.17, 15) is 4.39 Å². The van der Waals surface area contributed by atoms with Crippen molar-refractivity contribution in [1.82, 2.24) is 0 Å². The zero-order chi connectivity index (χ0) is 7.28. The number of hydrogen-bond acceptors (Lipinski definition) is 1. The summed E-state index contributed by atoms with van der Waals surface area (Å²) in [6, 6.07) is 0. The van der Waals surface area contributed by atoms with Crippen LogP contribution in [0.2, 0.25) is 0 Å². The van der Waals surface area contributed by atoms with Crippen LogP contribution in [-0.2, 0) is 0 Å². The average molecular weight is 148 g/mol. The highest BCUT2D eigenvalue weighted by atomic mass is 35.5. The Morgan fingerprint density at radius 2 is 2.33 bits per heavy atom. The molecule has 0 aromatic carbocycles. The second kappa shape index (κ2) is 4.27. The molecule has 3 heteroatoms. The maximum absolute atomic E-state index is 12.1. The van der Waals surface area contributed by atoms with Gasteiger partial charge >= 0.3 is 0 Å². The highest BCUT2D eigenvalue weighted by Gasteiger charge is 1.87. The van der Waals surface area contributed by atoms with Crippen LogP contribution in [-0.4, -0.2) is 12.2 Å². The van der Waals surface area contributed by atoms with Crippen LogP contribution < -0.4 is 0 Å². The van der Waals surface area contributed by atoms with Crippen molar-refractivity contribution in [2.75, 3.05) is 7.05 Å². The van der Waals surface area contributed by atoms with Gasteiger partial charge in [-0.05, 0) is 6.08 Å². The van der Waals surface area contributed by atoms with Gasteiger partial charge in [-0.15, -0.1) is 0 Å². The minimum Gasteiger partial charge on any atom is -0.276 e. The van der Waals surface area contributed by atoms with Gasteiger partial charge in [-0.3, -0.25) is 4.99 Å². The third-order valence-electron chi connectivity index (χ3n) is 0.666. The van der Waals surface area contributed by atoms with E-state index in [4.69, 9.17) is 11.6 Å². The van der Waals surface area contributed by atoms with Crippen molar-refractivity contribution >= 4 is 16.8 Å². The van der Waals surface area contributed by atoms with Crippen molar-refractivity contribution in [2.24, 2.45) is 4.99 Å². The van der Waals surface area contributed by atoms with Crippen LogP contribution in [0.5, 0.6) is 0 Å². The topological polar surface area (TPSA) is 12.4 Å². The molecule has 0 fully saturated rings. The number of nitrogens with zero attached hydrogens (tertiary/aromatic N) is 1. The molecule has 0 heterocycles. The predicted molar refractivity (Wildman–Crippen MR) is 38.6 cm³/mol. The second-order valence-corrected chi connectivity index (χ2v) is 1.67. The molecule has 0 aliphatic rings. The van der Waals surface area contributed by atoms with E-state index >= 15 is 0 Å². The van der Waals surface area contributed by atoms with E-state index in [0.717, 1.165) is 12.2 Å². The molecule has 0 saturated carbocycles. The van der Waals surface area contributed by atoms with Crippen molar-refractivity contribution in [1.29, 1.82) is 0 Å². The summed E-state index contributed by atoms with van der Waals surface area (Å²) < 4.78 is 12.1. The lowest BCUT2D eigenvalue weighted by molar-refractivity contribution is 0.669. The molecule has 0 N–H and O–H groups in total. The fourth-order valence-corrected chi connectivity index (χ4v) is 0.341. The first kappa shape index (κ1) is 8.37. The molecule has 0 aliphatic carbocycles. The zero-order valence-corrected chi connectivity index (χ0v) is 5.82. The van der Waals surface area contributed by atoms with E-state index < -0.39 is 5.83 Å². The highest BCUT2D eigenvalue weighted by Crippen LogP contribution is 1.99. The van der Waals surface area contributed by atoms with Crippen molar-refractivity contribution in [3.8, 4) is 0 Å². The monoisotopic (exact) mass is 147 g/mol. The van der Waals surface area contributed by atoms with Crippen LogP contribution in [0.25, 0.3) is 0 Å². The molecule has 0 amide bonds. The Labute approximate surface area is 58.5 Å². The third kappa shape index (κ3) is 3.91. The van der Waals surface area contributed by atoms with E-state index in [1.807, 2.05) is 0 Å². The standard InChI is InChI=1S/C6H7ClFN/c1-3-5(8)4-6(7)9-2/h3-4H,1H2,2H3/b5-4+,9-6?. The van der Waals surface area contributed by atoms with Crippen LogP contribution in [0.3, 0.4) is 0 Å². The normalized spacial score (nSPS) is 13.7. The van der Waals surface area contributed by atoms with Gasteiger partial charge in [0.1, 0.15) is 11.0 Å². The lowest BCUT2D eigenvalue weighted by Gasteiger charge is -1.83. The first-order chi connectivity index (χ1) is 4.20.